The Morgan fingerprint density at radius 2 is 2.05 bits per heavy atom. The van der Waals surface area contributed by atoms with Gasteiger partial charge in [-0.05, 0) is 32.4 Å². The Labute approximate surface area is 122 Å². The van der Waals surface area contributed by atoms with Crippen LogP contribution in [0.3, 0.4) is 0 Å². The Morgan fingerprint density at radius 1 is 1.43 bits per heavy atom. The fourth-order valence-corrected chi connectivity index (χ4v) is 3.49. The molecule has 0 spiro atoms. The number of benzene rings is 1. The maximum absolute atomic E-state index is 13.6. The largest absolute Gasteiger partial charge is 0.309 e. The maximum Gasteiger partial charge on any atom is 0.309 e. The molecule has 0 aliphatic rings. The first-order valence-corrected chi connectivity index (χ1v) is 7.54. The number of hydrogen-bond donors (Lipinski definition) is 1. The molecule has 0 unspecified atom stereocenters. The monoisotopic (exact) mass is 314 g/mol. The lowest BCUT2D eigenvalue weighted by Crippen LogP contribution is -2.26. The summed E-state index contributed by atoms with van der Waals surface area (Å²) in [5.41, 5.74) is -0.925. The molecule has 0 radical (unpaired) electrons. The van der Waals surface area contributed by atoms with Crippen LogP contribution < -0.4 is 4.72 Å². The Kier molecular flexibility index (Phi) is 5.41. The molecule has 114 valence electrons. The molecular weight excluding hydrogens is 299 g/mol. The highest BCUT2D eigenvalue weighted by molar-refractivity contribution is 7.89. The topological polar surface area (TPSA) is 89.3 Å². The number of sulfonamides is 1. The van der Waals surface area contributed by atoms with Crippen LogP contribution in [-0.2, 0) is 10.0 Å². The van der Waals surface area contributed by atoms with Gasteiger partial charge in [-0.15, -0.1) is 11.8 Å². The van der Waals surface area contributed by atoms with Gasteiger partial charge in [0.25, 0.3) is 0 Å². The van der Waals surface area contributed by atoms with E-state index in [1.165, 1.54) is 13.8 Å². The summed E-state index contributed by atoms with van der Waals surface area (Å²) >= 11 is 0. The molecule has 1 N–H and O–H groups in total. The van der Waals surface area contributed by atoms with Gasteiger partial charge in [-0.1, -0.05) is 0 Å². The number of nitrogens with zero attached hydrogens (tertiary/aromatic N) is 1. The standard InChI is InChI=1S/C13H15FN2O4S/c1-4-5-6-7-15-21(19,20)13-9(2)8-11(14)12(10(13)3)16(17)18/h8,15H,6-7H2,1-3H3. The lowest BCUT2D eigenvalue weighted by molar-refractivity contribution is -0.388. The van der Waals surface area contributed by atoms with Crippen molar-refractivity contribution < 1.29 is 17.7 Å². The summed E-state index contributed by atoms with van der Waals surface area (Å²) < 4.78 is 40.3. The number of nitrogens with one attached hydrogen (secondary N) is 1. The number of aryl methyl sites for hydroxylation is 1. The fourth-order valence-electron chi connectivity index (χ4n) is 1.99. The van der Waals surface area contributed by atoms with Crippen molar-refractivity contribution in [2.45, 2.75) is 32.1 Å². The van der Waals surface area contributed by atoms with Crippen molar-refractivity contribution in [2.75, 3.05) is 6.54 Å². The molecule has 0 aromatic heterocycles. The molecule has 0 bridgehead atoms. The predicted molar refractivity (Wildman–Crippen MR) is 75.8 cm³/mol. The summed E-state index contributed by atoms with van der Waals surface area (Å²) in [6.07, 6.45) is 0.317. The van der Waals surface area contributed by atoms with Crippen molar-refractivity contribution in [3.05, 3.63) is 33.1 Å². The van der Waals surface area contributed by atoms with E-state index in [-0.39, 0.29) is 22.6 Å². The van der Waals surface area contributed by atoms with Gasteiger partial charge in [-0.3, -0.25) is 10.1 Å². The van der Waals surface area contributed by atoms with Crippen molar-refractivity contribution in [3.8, 4) is 11.8 Å². The van der Waals surface area contributed by atoms with Crippen molar-refractivity contribution in [1.82, 2.24) is 4.72 Å². The van der Waals surface area contributed by atoms with Gasteiger partial charge in [0, 0.05) is 13.0 Å². The van der Waals surface area contributed by atoms with E-state index in [0.29, 0.717) is 6.42 Å². The zero-order chi connectivity index (χ0) is 16.2. The first-order chi connectivity index (χ1) is 9.72. The second-order valence-electron chi connectivity index (χ2n) is 4.31. The molecule has 1 aromatic carbocycles. The zero-order valence-electron chi connectivity index (χ0n) is 11.9. The highest BCUT2D eigenvalue weighted by Crippen LogP contribution is 2.30. The van der Waals surface area contributed by atoms with Gasteiger partial charge in [0.05, 0.1) is 15.4 Å². The van der Waals surface area contributed by atoms with Crippen molar-refractivity contribution in [3.63, 3.8) is 0 Å². The van der Waals surface area contributed by atoms with Crippen LogP contribution in [-0.4, -0.2) is 19.9 Å². The van der Waals surface area contributed by atoms with Crippen LogP contribution in [0.15, 0.2) is 11.0 Å². The van der Waals surface area contributed by atoms with E-state index in [0.717, 1.165) is 6.07 Å². The smallest absolute Gasteiger partial charge is 0.258 e. The molecule has 6 nitrogen and oxygen atoms in total. The van der Waals surface area contributed by atoms with Gasteiger partial charge in [-0.25, -0.2) is 13.1 Å². The highest BCUT2D eigenvalue weighted by atomic mass is 32.2. The van der Waals surface area contributed by atoms with E-state index in [2.05, 4.69) is 16.6 Å². The van der Waals surface area contributed by atoms with Crippen LogP contribution >= 0.6 is 0 Å². The van der Waals surface area contributed by atoms with E-state index < -0.39 is 26.5 Å². The van der Waals surface area contributed by atoms with Crippen LogP contribution in [0, 0.1) is 41.6 Å². The summed E-state index contributed by atoms with van der Waals surface area (Å²) in [6.45, 7) is 4.31. The SMILES string of the molecule is CC#CCCNS(=O)(=O)c1c(C)cc(F)c([N+](=O)[O-])c1C. The normalized spacial score (nSPS) is 10.9. The molecule has 0 amide bonds. The summed E-state index contributed by atoms with van der Waals surface area (Å²) in [6, 6.07) is 0.853. The number of nitro groups is 1. The predicted octanol–water partition coefficient (Wildman–Crippen LogP) is 2.04. The minimum absolute atomic E-state index is 0.0766. The molecule has 8 heteroatoms. The van der Waals surface area contributed by atoms with Crippen molar-refractivity contribution >= 4 is 15.7 Å². The molecule has 0 saturated heterocycles. The summed E-state index contributed by atoms with van der Waals surface area (Å²) in [5.74, 6) is 4.27. The molecule has 0 atom stereocenters. The number of nitro benzene ring substituents is 1. The third-order valence-electron chi connectivity index (χ3n) is 2.79. The van der Waals surface area contributed by atoms with Crippen molar-refractivity contribution in [1.29, 1.82) is 0 Å². The molecule has 0 fully saturated rings. The number of rotatable bonds is 5. The summed E-state index contributed by atoms with van der Waals surface area (Å²) in [5, 5.41) is 10.9. The Bertz CT molecular complexity index is 733. The second-order valence-corrected chi connectivity index (χ2v) is 6.01. The fraction of sp³-hybridized carbons (Fsp3) is 0.385. The molecule has 1 rings (SSSR count). The number of halogens is 1. The average Bonchev–Trinajstić information content (AvgIpc) is 2.32. The summed E-state index contributed by atoms with van der Waals surface area (Å²) in [7, 11) is -3.96. The van der Waals surface area contributed by atoms with Gasteiger partial charge in [0.2, 0.25) is 15.8 Å². The van der Waals surface area contributed by atoms with Gasteiger partial charge in [0.15, 0.2) is 0 Å². The minimum Gasteiger partial charge on any atom is -0.258 e. The van der Waals surface area contributed by atoms with Gasteiger partial charge >= 0.3 is 5.69 Å². The molecular formula is C13H15FN2O4S. The maximum atomic E-state index is 13.6. The van der Waals surface area contributed by atoms with E-state index in [1.54, 1.807) is 6.92 Å². The van der Waals surface area contributed by atoms with Gasteiger partial charge < -0.3 is 0 Å². The van der Waals surface area contributed by atoms with Crippen LogP contribution in [0.4, 0.5) is 10.1 Å². The summed E-state index contributed by atoms with van der Waals surface area (Å²) in [4.78, 5) is 9.68. The first kappa shape index (κ1) is 17.1. The molecule has 0 heterocycles. The molecule has 0 saturated carbocycles. The first-order valence-electron chi connectivity index (χ1n) is 6.05. The Morgan fingerprint density at radius 3 is 2.57 bits per heavy atom. The van der Waals surface area contributed by atoms with E-state index in [1.807, 2.05) is 0 Å². The average molecular weight is 314 g/mol. The van der Waals surface area contributed by atoms with Gasteiger partial charge in [0.1, 0.15) is 0 Å². The lowest BCUT2D eigenvalue weighted by Gasteiger charge is -2.12. The highest BCUT2D eigenvalue weighted by Gasteiger charge is 2.28. The molecule has 21 heavy (non-hydrogen) atoms. The molecule has 1 aromatic rings. The molecule has 0 aliphatic carbocycles. The zero-order valence-corrected chi connectivity index (χ0v) is 12.7. The van der Waals surface area contributed by atoms with Crippen LogP contribution in [0.1, 0.15) is 24.5 Å². The van der Waals surface area contributed by atoms with Crippen LogP contribution in [0.5, 0.6) is 0 Å². The Balaban J connectivity index is 3.31. The minimum atomic E-state index is -3.96. The van der Waals surface area contributed by atoms with Crippen molar-refractivity contribution in [2.24, 2.45) is 0 Å². The Hall–Kier alpha value is -1.98. The second kappa shape index (κ2) is 6.65. The van der Waals surface area contributed by atoms with Gasteiger partial charge in [-0.2, -0.15) is 4.39 Å². The van der Waals surface area contributed by atoms with Crippen LogP contribution in [0.25, 0.3) is 0 Å². The third-order valence-corrected chi connectivity index (χ3v) is 4.54. The van der Waals surface area contributed by atoms with E-state index >= 15 is 0 Å². The van der Waals surface area contributed by atoms with E-state index in [9.17, 15) is 22.9 Å². The quantitative estimate of drug-likeness (QED) is 0.390. The van der Waals surface area contributed by atoms with Crippen LogP contribution in [0.2, 0.25) is 0 Å². The lowest BCUT2D eigenvalue weighted by atomic mass is 10.1. The molecule has 0 aliphatic heterocycles. The third kappa shape index (κ3) is 3.77. The van der Waals surface area contributed by atoms with E-state index in [4.69, 9.17) is 0 Å². The number of hydrogen-bond acceptors (Lipinski definition) is 4.